The predicted molar refractivity (Wildman–Crippen MR) is 115 cm³/mol. The van der Waals surface area contributed by atoms with Gasteiger partial charge in [-0.2, -0.15) is 5.10 Å². The number of hydrogen-bond acceptors (Lipinski definition) is 6. The highest BCUT2D eigenvalue weighted by atomic mass is 16.5. The first-order valence-electron chi connectivity index (χ1n) is 11.0. The first-order chi connectivity index (χ1) is 14.6. The van der Waals surface area contributed by atoms with E-state index in [0.717, 1.165) is 79.2 Å². The molecular weight excluding hydrogens is 378 g/mol. The maximum absolute atomic E-state index is 6.18. The van der Waals surface area contributed by atoms with Crippen LogP contribution in [0.15, 0.2) is 30.6 Å². The van der Waals surface area contributed by atoms with Gasteiger partial charge in [-0.1, -0.05) is 12.8 Å². The van der Waals surface area contributed by atoms with E-state index in [1.165, 1.54) is 12.8 Å². The Morgan fingerprint density at radius 2 is 1.97 bits per heavy atom. The van der Waals surface area contributed by atoms with Crippen molar-refractivity contribution in [2.45, 2.75) is 56.7 Å². The molecule has 156 valence electrons. The summed E-state index contributed by atoms with van der Waals surface area (Å²) in [6.07, 6.45) is 8.67. The first kappa shape index (κ1) is 18.1. The van der Waals surface area contributed by atoms with E-state index in [-0.39, 0.29) is 11.2 Å². The van der Waals surface area contributed by atoms with Crippen molar-refractivity contribution in [1.29, 1.82) is 0 Å². The van der Waals surface area contributed by atoms with Crippen LogP contribution >= 0.6 is 0 Å². The third-order valence-electron chi connectivity index (χ3n) is 6.84. The lowest BCUT2D eigenvalue weighted by molar-refractivity contribution is -0.0503. The molecule has 3 fully saturated rings. The van der Waals surface area contributed by atoms with E-state index in [4.69, 9.17) is 9.47 Å². The van der Waals surface area contributed by atoms with Crippen molar-refractivity contribution in [3.8, 4) is 17.1 Å². The molecule has 3 aliphatic rings. The fourth-order valence-corrected chi connectivity index (χ4v) is 4.83. The molecule has 0 unspecified atom stereocenters. The molecule has 0 atom stereocenters. The van der Waals surface area contributed by atoms with Crippen LogP contribution in [0.25, 0.3) is 22.3 Å². The molecular formula is C23H27N5O2. The zero-order chi connectivity index (χ0) is 20.2. The Kier molecular flexibility index (Phi) is 4.03. The van der Waals surface area contributed by atoms with Crippen LogP contribution in [-0.2, 0) is 4.74 Å². The Hall–Kier alpha value is -2.67. The van der Waals surface area contributed by atoms with Crippen LogP contribution in [0, 0.1) is 0 Å². The number of ether oxygens (including phenoxy) is 2. The highest BCUT2D eigenvalue weighted by Gasteiger charge is 2.40. The van der Waals surface area contributed by atoms with Crippen molar-refractivity contribution in [1.82, 2.24) is 20.2 Å². The molecule has 7 heteroatoms. The minimum atomic E-state index is -0.00775. The van der Waals surface area contributed by atoms with Gasteiger partial charge >= 0.3 is 0 Å². The highest BCUT2D eigenvalue weighted by Crippen LogP contribution is 2.41. The number of morpholine rings is 1. The third-order valence-corrected chi connectivity index (χ3v) is 6.84. The summed E-state index contributed by atoms with van der Waals surface area (Å²) < 4.78 is 12.3. The van der Waals surface area contributed by atoms with E-state index in [1.807, 2.05) is 12.1 Å². The van der Waals surface area contributed by atoms with E-state index in [1.54, 1.807) is 6.33 Å². The molecule has 0 bridgehead atoms. The maximum atomic E-state index is 6.18. The second kappa shape index (κ2) is 6.67. The average Bonchev–Trinajstić information content (AvgIpc) is 3.14. The fourth-order valence-electron chi connectivity index (χ4n) is 4.83. The molecule has 7 nitrogen and oxygen atoms in total. The number of nitrogens with one attached hydrogen (secondary N) is 1. The summed E-state index contributed by atoms with van der Waals surface area (Å²) in [5.41, 5.74) is 2.64. The number of anilines is 1. The minimum Gasteiger partial charge on any atom is -0.488 e. The van der Waals surface area contributed by atoms with Crippen molar-refractivity contribution >= 4 is 16.7 Å². The smallest absolute Gasteiger partial charge is 0.132 e. The number of aromatic amines is 1. The van der Waals surface area contributed by atoms with Crippen molar-refractivity contribution in [3.05, 3.63) is 30.6 Å². The van der Waals surface area contributed by atoms with Crippen LogP contribution in [0.2, 0.25) is 0 Å². The van der Waals surface area contributed by atoms with Gasteiger partial charge in [0.05, 0.1) is 23.4 Å². The van der Waals surface area contributed by atoms with Gasteiger partial charge in [0, 0.05) is 24.5 Å². The standard InChI is InChI=1S/C23H27N5O2/c1-22(8-9-22)30-16-4-5-18-17(12-16)21(27-26-18)19-13-20(25-15-24-19)28-10-11-29-23(14-28)6-2-3-7-23/h4-5,12-13,15H,2-3,6-11,14H2,1H3,(H,26,27). The summed E-state index contributed by atoms with van der Waals surface area (Å²) >= 11 is 0. The van der Waals surface area contributed by atoms with E-state index in [2.05, 4.69) is 44.1 Å². The van der Waals surface area contributed by atoms with Crippen LogP contribution in [0.4, 0.5) is 5.82 Å². The number of benzene rings is 1. The molecule has 1 aliphatic heterocycles. The van der Waals surface area contributed by atoms with Gasteiger partial charge in [-0.3, -0.25) is 5.10 Å². The van der Waals surface area contributed by atoms with Gasteiger partial charge in [0.25, 0.3) is 0 Å². The molecule has 1 N–H and O–H groups in total. The van der Waals surface area contributed by atoms with Gasteiger partial charge in [-0.25, -0.2) is 9.97 Å². The van der Waals surface area contributed by atoms with Crippen molar-refractivity contribution < 1.29 is 9.47 Å². The zero-order valence-corrected chi connectivity index (χ0v) is 17.4. The summed E-state index contributed by atoms with van der Waals surface area (Å²) in [6, 6.07) is 8.16. The number of fused-ring (bicyclic) bond motifs is 1. The van der Waals surface area contributed by atoms with Crippen LogP contribution < -0.4 is 9.64 Å². The van der Waals surface area contributed by atoms with Gasteiger partial charge in [0.15, 0.2) is 0 Å². The van der Waals surface area contributed by atoms with E-state index < -0.39 is 0 Å². The minimum absolute atomic E-state index is 0.00750. The normalized spacial score (nSPS) is 22.0. The SMILES string of the molecule is CC1(Oc2ccc3[nH]nc(-c4cc(N5CCOC6(CCCC6)C5)ncn4)c3c2)CC1. The predicted octanol–water partition coefficient (Wildman–Crippen LogP) is 4.10. The van der Waals surface area contributed by atoms with E-state index >= 15 is 0 Å². The lowest BCUT2D eigenvalue weighted by Crippen LogP contribution is -2.50. The molecule has 1 aromatic carbocycles. The van der Waals surface area contributed by atoms with Gasteiger partial charge in [0.1, 0.15) is 29.2 Å². The van der Waals surface area contributed by atoms with Crippen molar-refractivity contribution in [3.63, 3.8) is 0 Å². The zero-order valence-electron chi connectivity index (χ0n) is 17.4. The Morgan fingerprint density at radius 1 is 1.10 bits per heavy atom. The average molecular weight is 406 g/mol. The number of rotatable bonds is 4. The number of nitrogens with zero attached hydrogens (tertiary/aromatic N) is 4. The van der Waals surface area contributed by atoms with Crippen molar-refractivity contribution in [2.75, 3.05) is 24.6 Å². The molecule has 1 spiro atoms. The van der Waals surface area contributed by atoms with E-state index in [0.29, 0.717) is 0 Å². The largest absolute Gasteiger partial charge is 0.488 e. The number of aromatic nitrogens is 4. The highest BCUT2D eigenvalue weighted by molar-refractivity contribution is 5.93. The molecule has 3 aromatic rings. The van der Waals surface area contributed by atoms with Gasteiger partial charge in [0.2, 0.25) is 0 Å². The van der Waals surface area contributed by atoms with Gasteiger partial charge in [-0.15, -0.1) is 0 Å². The first-order valence-corrected chi connectivity index (χ1v) is 11.0. The quantitative estimate of drug-likeness (QED) is 0.704. The summed E-state index contributed by atoms with van der Waals surface area (Å²) in [6.45, 7) is 4.67. The van der Waals surface area contributed by atoms with Crippen molar-refractivity contribution in [2.24, 2.45) is 0 Å². The molecule has 0 radical (unpaired) electrons. The molecule has 2 saturated carbocycles. The Balaban J connectivity index is 1.32. The lowest BCUT2D eigenvalue weighted by Gasteiger charge is -2.41. The third kappa shape index (κ3) is 3.21. The summed E-state index contributed by atoms with van der Waals surface area (Å²) in [7, 11) is 0. The molecule has 2 aliphatic carbocycles. The van der Waals surface area contributed by atoms with Gasteiger partial charge in [-0.05, 0) is 50.8 Å². The molecule has 3 heterocycles. The van der Waals surface area contributed by atoms with E-state index in [9.17, 15) is 0 Å². The maximum Gasteiger partial charge on any atom is 0.132 e. The molecule has 0 amide bonds. The topological polar surface area (TPSA) is 76.2 Å². The second-order valence-electron chi connectivity index (χ2n) is 9.25. The molecule has 1 saturated heterocycles. The Morgan fingerprint density at radius 3 is 2.80 bits per heavy atom. The van der Waals surface area contributed by atoms with Crippen LogP contribution in [0.5, 0.6) is 5.75 Å². The summed E-state index contributed by atoms with van der Waals surface area (Å²) in [4.78, 5) is 11.5. The Labute approximate surface area is 175 Å². The van der Waals surface area contributed by atoms with Crippen LogP contribution in [0.3, 0.4) is 0 Å². The monoisotopic (exact) mass is 405 g/mol. The second-order valence-corrected chi connectivity index (χ2v) is 9.25. The van der Waals surface area contributed by atoms with Crippen LogP contribution in [0.1, 0.15) is 45.4 Å². The number of H-pyrrole nitrogens is 1. The van der Waals surface area contributed by atoms with Crippen LogP contribution in [-0.4, -0.2) is 51.1 Å². The van der Waals surface area contributed by atoms with Gasteiger partial charge < -0.3 is 14.4 Å². The molecule has 6 rings (SSSR count). The molecule has 2 aromatic heterocycles. The number of hydrogen-bond donors (Lipinski definition) is 1. The Bertz CT molecular complexity index is 1080. The molecule has 30 heavy (non-hydrogen) atoms. The fraction of sp³-hybridized carbons (Fsp3) is 0.522. The summed E-state index contributed by atoms with van der Waals surface area (Å²) in [5.74, 6) is 1.83. The summed E-state index contributed by atoms with van der Waals surface area (Å²) in [5, 5.41) is 8.72. The lowest BCUT2D eigenvalue weighted by atomic mass is 9.99.